The number of benzene rings is 2. The van der Waals surface area contributed by atoms with Crippen LogP contribution in [0.1, 0.15) is 101 Å². The Kier molecular flexibility index (Phi) is 9.49. The summed E-state index contributed by atoms with van der Waals surface area (Å²) in [4.78, 5) is 0. The number of hydrogen-bond acceptors (Lipinski definition) is 0. The van der Waals surface area contributed by atoms with Crippen molar-refractivity contribution in [2.75, 3.05) is 0 Å². The Labute approximate surface area is 226 Å². The minimum absolute atomic E-state index is 0. The molecule has 2 aliphatic rings. The van der Waals surface area contributed by atoms with E-state index in [1.54, 1.807) is 15.0 Å². The molecule has 0 nitrogen and oxygen atoms in total. The summed E-state index contributed by atoms with van der Waals surface area (Å²) >= 11 is -1.69. The van der Waals surface area contributed by atoms with Gasteiger partial charge in [0.25, 0.3) is 0 Å². The molecule has 4 rings (SSSR count). The van der Waals surface area contributed by atoms with Crippen LogP contribution < -0.4 is 24.8 Å². The maximum Gasteiger partial charge on any atom is -1.00 e. The van der Waals surface area contributed by atoms with E-state index in [4.69, 9.17) is 0 Å². The summed E-state index contributed by atoms with van der Waals surface area (Å²) in [5.41, 5.74) is 9.43. The van der Waals surface area contributed by atoms with Crippen molar-refractivity contribution in [2.45, 2.75) is 89.7 Å². The van der Waals surface area contributed by atoms with Gasteiger partial charge in [0.2, 0.25) is 0 Å². The van der Waals surface area contributed by atoms with Crippen molar-refractivity contribution in [3.63, 3.8) is 0 Å². The van der Waals surface area contributed by atoms with Crippen LogP contribution in [0, 0.1) is 0 Å². The zero-order valence-corrected chi connectivity index (χ0v) is 25.2. The molecule has 0 N–H and O–H groups in total. The first kappa shape index (κ1) is 29.3. The zero-order valence-electron chi connectivity index (χ0n) is 22.2. The third-order valence-electron chi connectivity index (χ3n) is 7.39. The van der Waals surface area contributed by atoms with Gasteiger partial charge in [0, 0.05) is 0 Å². The zero-order chi connectivity index (χ0) is 23.3. The second-order valence-corrected chi connectivity index (χ2v) is 15.9. The van der Waals surface area contributed by atoms with Gasteiger partial charge in [-0.05, 0) is 0 Å². The summed E-state index contributed by atoms with van der Waals surface area (Å²) in [5, 5.41) is 0. The third kappa shape index (κ3) is 5.41. The van der Waals surface area contributed by atoms with E-state index in [-0.39, 0.29) is 35.6 Å². The van der Waals surface area contributed by atoms with Gasteiger partial charge in [0.05, 0.1) is 0 Å². The minimum Gasteiger partial charge on any atom is -1.00 e. The van der Waals surface area contributed by atoms with Crippen LogP contribution in [0.4, 0.5) is 0 Å². The molecule has 2 aromatic rings. The fourth-order valence-electron chi connectivity index (χ4n) is 5.39. The maximum atomic E-state index is 2.52. The monoisotopic (exact) mass is 530 g/mol. The van der Waals surface area contributed by atoms with Crippen molar-refractivity contribution in [3.8, 4) is 11.1 Å². The molecular formula is C31H40Cl2Ti. The van der Waals surface area contributed by atoms with Gasteiger partial charge in [0.1, 0.15) is 0 Å². The van der Waals surface area contributed by atoms with Crippen molar-refractivity contribution < 1.29 is 42.2 Å². The fraction of sp³-hybridized carbons (Fsp3) is 0.452. The summed E-state index contributed by atoms with van der Waals surface area (Å²) in [6.45, 7) is 18.8. The minimum atomic E-state index is -1.69. The number of hydrogen-bond donors (Lipinski definition) is 0. The third-order valence-corrected chi connectivity index (χ3v) is 13.2. The smallest absolute Gasteiger partial charge is 1.00 e. The van der Waals surface area contributed by atoms with Gasteiger partial charge in [-0.3, -0.25) is 0 Å². The van der Waals surface area contributed by atoms with E-state index in [1.807, 2.05) is 3.81 Å². The normalized spacial score (nSPS) is 14.4. The van der Waals surface area contributed by atoms with Crippen molar-refractivity contribution in [2.24, 2.45) is 0 Å². The van der Waals surface area contributed by atoms with Gasteiger partial charge < -0.3 is 24.8 Å². The Hall–Kier alpha value is -0.916. The Morgan fingerprint density at radius 3 is 1.62 bits per heavy atom. The number of allylic oxidation sites excluding steroid dienone is 4. The summed E-state index contributed by atoms with van der Waals surface area (Å²) in [6, 6.07) is 14.9. The van der Waals surface area contributed by atoms with Gasteiger partial charge in [-0.2, -0.15) is 0 Å². The second kappa shape index (κ2) is 11.0. The Morgan fingerprint density at radius 2 is 1.26 bits per heavy atom. The van der Waals surface area contributed by atoms with Gasteiger partial charge in [0.15, 0.2) is 0 Å². The first-order valence-electron chi connectivity index (χ1n) is 12.4. The van der Waals surface area contributed by atoms with Crippen LogP contribution in [0.15, 0.2) is 58.5 Å². The molecule has 0 aliphatic heterocycles. The molecule has 2 aliphatic carbocycles. The molecule has 34 heavy (non-hydrogen) atoms. The first-order valence-corrected chi connectivity index (χ1v) is 14.9. The van der Waals surface area contributed by atoms with Crippen LogP contribution in [-0.4, -0.2) is 3.81 Å². The number of fused-ring (bicyclic) bond motifs is 3. The van der Waals surface area contributed by atoms with E-state index in [0.717, 1.165) is 0 Å². The van der Waals surface area contributed by atoms with Gasteiger partial charge >= 0.3 is 203 Å². The second-order valence-electron chi connectivity index (χ2n) is 11.6. The Morgan fingerprint density at radius 1 is 0.794 bits per heavy atom. The van der Waals surface area contributed by atoms with Crippen molar-refractivity contribution in [3.05, 3.63) is 80.8 Å². The molecule has 0 heterocycles. The molecule has 0 unspecified atom stereocenters. The molecule has 0 atom stereocenters. The van der Waals surface area contributed by atoms with E-state index in [9.17, 15) is 0 Å². The molecule has 0 saturated carbocycles. The van der Waals surface area contributed by atoms with E-state index in [1.165, 1.54) is 41.5 Å². The van der Waals surface area contributed by atoms with E-state index < -0.39 is 17.4 Å². The first-order chi connectivity index (χ1) is 15.1. The maximum absolute atomic E-state index is 2.52. The quantitative estimate of drug-likeness (QED) is 0.533. The molecule has 182 valence electrons. The largest absolute Gasteiger partial charge is 1.00 e. The molecule has 2 aromatic carbocycles. The molecule has 0 bridgehead atoms. The van der Waals surface area contributed by atoms with Crippen LogP contribution in [-0.2, 0) is 28.2 Å². The standard InChI is InChI=1S/C21H25.C5H5.C5H10.2ClH.Ti/c1-20(2,3)16-9-7-14-11-15-8-10-17(21(4,5)6)13-19(15)18(14)12-16;1-2-4-5-3-1;1-3-5-4-2;;;/h7-13H,1-6H3;1-3H,4H2;3-4H2,1-2H3;2*1H;/q;;;;;+2/p-2. The fourth-order valence-corrected chi connectivity index (χ4v) is 11.2. The van der Waals surface area contributed by atoms with Crippen LogP contribution in [0.25, 0.3) is 11.1 Å². The van der Waals surface area contributed by atoms with Crippen molar-refractivity contribution >= 4 is 3.81 Å². The topological polar surface area (TPSA) is 0 Å². The van der Waals surface area contributed by atoms with E-state index in [0.29, 0.717) is 4.22 Å². The van der Waals surface area contributed by atoms with Crippen LogP contribution >= 0.6 is 0 Å². The summed E-state index contributed by atoms with van der Waals surface area (Å²) in [6.07, 6.45) is 10.8. The summed E-state index contributed by atoms with van der Waals surface area (Å²) in [7, 11) is 0. The molecule has 3 heteroatoms. The van der Waals surface area contributed by atoms with Crippen LogP contribution in [0.5, 0.6) is 0 Å². The van der Waals surface area contributed by atoms with Crippen molar-refractivity contribution in [1.82, 2.24) is 0 Å². The average Bonchev–Trinajstić information content (AvgIpc) is 3.36. The SMILES string of the molecule is CC[C](CC)=[Ti+2]([C]1=CC=CC1)[CH]1c2ccc(C(C)(C)C)cc2-c2cc(C(C)(C)C)ccc21.[Cl-].[Cl-]. The molecule has 0 fully saturated rings. The van der Waals surface area contributed by atoms with Gasteiger partial charge in [-0.25, -0.2) is 0 Å². The average molecular weight is 531 g/mol. The molecule has 0 amide bonds. The van der Waals surface area contributed by atoms with Crippen LogP contribution in [0.3, 0.4) is 0 Å². The van der Waals surface area contributed by atoms with E-state index in [2.05, 4.69) is 110 Å². The van der Waals surface area contributed by atoms with E-state index >= 15 is 0 Å². The predicted octanol–water partition coefficient (Wildman–Crippen LogP) is 2.81. The Balaban J connectivity index is 0.00000204. The van der Waals surface area contributed by atoms with Crippen LogP contribution in [0.2, 0.25) is 0 Å². The van der Waals surface area contributed by atoms with Gasteiger partial charge in [-0.1, -0.05) is 0 Å². The predicted molar refractivity (Wildman–Crippen MR) is 139 cm³/mol. The number of halogens is 2. The summed E-state index contributed by atoms with van der Waals surface area (Å²) in [5.74, 6) is 0. The molecular weight excluding hydrogens is 491 g/mol. The van der Waals surface area contributed by atoms with Crippen molar-refractivity contribution in [1.29, 1.82) is 0 Å². The molecule has 0 spiro atoms. The molecule has 0 aromatic heterocycles. The van der Waals surface area contributed by atoms with Gasteiger partial charge in [-0.15, -0.1) is 0 Å². The summed E-state index contributed by atoms with van der Waals surface area (Å²) < 4.78 is 4.19. The number of rotatable bonds is 4. The Bertz CT molecular complexity index is 1070. The molecule has 0 saturated heterocycles. The molecule has 0 radical (unpaired) electrons.